The van der Waals surface area contributed by atoms with Gasteiger partial charge in [-0.3, -0.25) is 14.6 Å². The minimum absolute atomic E-state index is 0.0302. The second kappa shape index (κ2) is 7.74. The molecular formula is C19H20ClFN2O2. The van der Waals surface area contributed by atoms with Crippen LogP contribution in [0.25, 0.3) is 0 Å². The molecule has 0 aliphatic carbocycles. The molecular weight excluding hydrogens is 343 g/mol. The monoisotopic (exact) mass is 362 g/mol. The van der Waals surface area contributed by atoms with Gasteiger partial charge in [0.05, 0.1) is 0 Å². The van der Waals surface area contributed by atoms with Gasteiger partial charge in [-0.2, -0.15) is 0 Å². The molecule has 1 heterocycles. The van der Waals surface area contributed by atoms with Crippen molar-refractivity contribution in [2.45, 2.75) is 39.2 Å². The van der Waals surface area contributed by atoms with Gasteiger partial charge in [0.2, 0.25) is 0 Å². The summed E-state index contributed by atoms with van der Waals surface area (Å²) in [7, 11) is 0. The average Bonchev–Trinajstić information content (AvgIpc) is 2.49. The molecule has 1 aromatic carbocycles. The molecule has 0 atom stereocenters. The molecule has 132 valence electrons. The Hall–Kier alpha value is -2.27. The number of halogens is 2. The van der Waals surface area contributed by atoms with Crippen LogP contribution >= 0.6 is 11.6 Å². The van der Waals surface area contributed by atoms with Gasteiger partial charge in [-0.1, -0.05) is 11.6 Å². The molecule has 2 aromatic rings. The number of hydrogen-bond acceptors (Lipinski definition) is 3. The Bertz CT molecular complexity index is 800. The number of pyridine rings is 1. The molecule has 0 fully saturated rings. The summed E-state index contributed by atoms with van der Waals surface area (Å²) in [5.41, 5.74) is 1.00. The number of ketones is 1. The maximum atomic E-state index is 13.3. The van der Waals surface area contributed by atoms with E-state index in [1.165, 1.54) is 24.4 Å². The Labute approximate surface area is 151 Å². The van der Waals surface area contributed by atoms with Gasteiger partial charge in [-0.05, 0) is 62.2 Å². The van der Waals surface area contributed by atoms with E-state index in [0.717, 1.165) is 0 Å². The van der Waals surface area contributed by atoms with Crippen LogP contribution in [0, 0.1) is 5.82 Å². The zero-order valence-electron chi connectivity index (χ0n) is 14.4. The lowest BCUT2D eigenvalue weighted by molar-refractivity contribution is -0.117. The van der Waals surface area contributed by atoms with Gasteiger partial charge in [0.1, 0.15) is 17.3 Å². The Balaban J connectivity index is 2.07. The summed E-state index contributed by atoms with van der Waals surface area (Å²) < 4.78 is 13.3. The molecule has 0 saturated heterocycles. The van der Waals surface area contributed by atoms with E-state index in [2.05, 4.69) is 10.3 Å². The van der Waals surface area contributed by atoms with E-state index in [9.17, 15) is 14.0 Å². The molecule has 2 rings (SSSR count). The third-order valence-electron chi connectivity index (χ3n) is 3.34. The molecule has 25 heavy (non-hydrogen) atoms. The smallest absolute Gasteiger partial charge is 0.270 e. The number of carbonyl (C=O) groups excluding carboxylic acids is 2. The summed E-state index contributed by atoms with van der Waals surface area (Å²) in [5, 5.41) is 3.18. The Morgan fingerprint density at radius 3 is 2.56 bits per heavy atom. The highest BCUT2D eigenvalue weighted by molar-refractivity contribution is 6.31. The fourth-order valence-electron chi connectivity index (χ4n) is 2.29. The number of nitrogens with zero attached hydrogens (tertiary/aromatic N) is 1. The molecule has 0 radical (unpaired) electrons. The number of amides is 1. The first-order chi connectivity index (χ1) is 11.6. The SMILES string of the molecule is CC(C)(C)NC(=O)c1cc(CC(=O)Cc2cc(F)ccc2Cl)ccn1. The normalized spacial score (nSPS) is 11.2. The van der Waals surface area contributed by atoms with E-state index in [0.29, 0.717) is 16.1 Å². The largest absolute Gasteiger partial charge is 0.346 e. The highest BCUT2D eigenvalue weighted by Crippen LogP contribution is 2.18. The Morgan fingerprint density at radius 2 is 1.88 bits per heavy atom. The van der Waals surface area contributed by atoms with E-state index in [1.54, 1.807) is 12.1 Å². The predicted molar refractivity (Wildman–Crippen MR) is 95.3 cm³/mol. The maximum absolute atomic E-state index is 13.3. The number of Topliss-reactive ketones (excluding diaryl/α,β-unsaturated/α-hetero) is 1. The zero-order valence-corrected chi connectivity index (χ0v) is 15.2. The molecule has 0 bridgehead atoms. The molecule has 4 nitrogen and oxygen atoms in total. The van der Waals surface area contributed by atoms with Crippen LogP contribution in [0.15, 0.2) is 36.5 Å². The van der Waals surface area contributed by atoms with Gasteiger partial charge in [-0.15, -0.1) is 0 Å². The van der Waals surface area contributed by atoms with Crippen LogP contribution in [-0.2, 0) is 17.6 Å². The van der Waals surface area contributed by atoms with Crippen LogP contribution in [-0.4, -0.2) is 22.2 Å². The predicted octanol–water partition coefficient (Wildman–Crippen LogP) is 3.76. The maximum Gasteiger partial charge on any atom is 0.270 e. The minimum atomic E-state index is -0.433. The van der Waals surface area contributed by atoms with Crippen LogP contribution in [0.2, 0.25) is 5.02 Å². The molecule has 0 aliphatic heterocycles. The van der Waals surface area contributed by atoms with Crippen molar-refractivity contribution in [3.05, 3.63) is 64.2 Å². The molecule has 1 N–H and O–H groups in total. The third kappa shape index (κ3) is 5.94. The summed E-state index contributed by atoms with van der Waals surface area (Å²) in [6.07, 6.45) is 1.64. The highest BCUT2D eigenvalue weighted by atomic mass is 35.5. The second-order valence-corrected chi connectivity index (χ2v) is 7.29. The molecule has 0 aliphatic rings. The van der Waals surface area contributed by atoms with Crippen molar-refractivity contribution in [1.29, 1.82) is 0 Å². The first-order valence-electron chi connectivity index (χ1n) is 7.87. The summed E-state index contributed by atoms with van der Waals surface area (Å²) in [5.74, 6) is -0.854. The molecule has 1 aromatic heterocycles. The van der Waals surface area contributed by atoms with Crippen LogP contribution in [0.3, 0.4) is 0 Å². The molecule has 0 saturated carbocycles. The summed E-state index contributed by atoms with van der Waals surface area (Å²) in [6, 6.07) is 7.21. The summed E-state index contributed by atoms with van der Waals surface area (Å²) in [6.45, 7) is 5.63. The van der Waals surface area contributed by atoms with Gasteiger partial charge in [0.15, 0.2) is 0 Å². The number of carbonyl (C=O) groups is 2. The fraction of sp³-hybridized carbons (Fsp3) is 0.316. The summed E-state index contributed by atoms with van der Waals surface area (Å²) in [4.78, 5) is 28.5. The number of aromatic nitrogens is 1. The van der Waals surface area contributed by atoms with Crippen LogP contribution < -0.4 is 5.32 Å². The number of nitrogens with one attached hydrogen (secondary N) is 1. The van der Waals surface area contributed by atoms with Crippen LogP contribution in [0.1, 0.15) is 42.4 Å². The zero-order chi connectivity index (χ0) is 18.6. The van der Waals surface area contributed by atoms with Gasteiger partial charge >= 0.3 is 0 Å². The Kier molecular flexibility index (Phi) is 5.90. The molecule has 1 amide bonds. The van der Waals surface area contributed by atoms with E-state index in [-0.39, 0.29) is 35.8 Å². The van der Waals surface area contributed by atoms with E-state index >= 15 is 0 Å². The first-order valence-corrected chi connectivity index (χ1v) is 8.25. The van der Waals surface area contributed by atoms with Gasteiger partial charge in [0, 0.05) is 29.6 Å². The highest BCUT2D eigenvalue weighted by Gasteiger charge is 2.17. The van der Waals surface area contributed by atoms with Crippen molar-refractivity contribution in [3.8, 4) is 0 Å². The standard InChI is InChI=1S/C19H20ClFN2O2/c1-19(2,3)23-18(25)17-9-12(6-7-22-17)8-15(24)11-13-10-14(21)4-5-16(13)20/h4-7,9-10H,8,11H2,1-3H3,(H,23,25). The molecule has 0 unspecified atom stereocenters. The second-order valence-electron chi connectivity index (χ2n) is 6.88. The minimum Gasteiger partial charge on any atom is -0.346 e. The molecule has 6 heteroatoms. The van der Waals surface area contributed by atoms with Crippen molar-refractivity contribution in [2.75, 3.05) is 0 Å². The Morgan fingerprint density at radius 1 is 1.16 bits per heavy atom. The lowest BCUT2D eigenvalue weighted by atomic mass is 10.0. The lowest BCUT2D eigenvalue weighted by Crippen LogP contribution is -2.40. The summed E-state index contributed by atoms with van der Waals surface area (Å²) >= 11 is 5.99. The van der Waals surface area contributed by atoms with Crippen molar-refractivity contribution in [3.63, 3.8) is 0 Å². The van der Waals surface area contributed by atoms with Crippen LogP contribution in [0.4, 0.5) is 4.39 Å². The third-order valence-corrected chi connectivity index (χ3v) is 3.71. The van der Waals surface area contributed by atoms with Gasteiger partial charge < -0.3 is 5.32 Å². The van der Waals surface area contributed by atoms with Gasteiger partial charge in [-0.25, -0.2) is 4.39 Å². The van der Waals surface area contributed by atoms with Crippen molar-refractivity contribution in [1.82, 2.24) is 10.3 Å². The lowest BCUT2D eigenvalue weighted by Gasteiger charge is -2.20. The van der Waals surface area contributed by atoms with E-state index in [1.807, 2.05) is 20.8 Å². The number of benzene rings is 1. The average molecular weight is 363 g/mol. The first kappa shape index (κ1) is 19.1. The number of rotatable bonds is 5. The van der Waals surface area contributed by atoms with Crippen molar-refractivity contribution < 1.29 is 14.0 Å². The number of hydrogen-bond donors (Lipinski definition) is 1. The topological polar surface area (TPSA) is 59.1 Å². The van der Waals surface area contributed by atoms with E-state index in [4.69, 9.17) is 11.6 Å². The van der Waals surface area contributed by atoms with Gasteiger partial charge in [0.25, 0.3) is 5.91 Å². The van der Waals surface area contributed by atoms with Crippen LogP contribution in [0.5, 0.6) is 0 Å². The van der Waals surface area contributed by atoms with Crippen molar-refractivity contribution in [2.24, 2.45) is 0 Å². The fourth-order valence-corrected chi connectivity index (χ4v) is 2.48. The molecule has 0 spiro atoms. The van der Waals surface area contributed by atoms with E-state index < -0.39 is 5.82 Å². The van der Waals surface area contributed by atoms with Crippen molar-refractivity contribution >= 4 is 23.3 Å². The quantitative estimate of drug-likeness (QED) is 0.881.